The van der Waals surface area contributed by atoms with Gasteiger partial charge in [0, 0.05) is 38.1 Å². The first-order valence-corrected chi connectivity index (χ1v) is 8.40. The largest absolute Gasteiger partial charge is 0.368 e. The highest BCUT2D eigenvalue weighted by Crippen LogP contribution is 2.19. The predicted octanol–water partition coefficient (Wildman–Crippen LogP) is 1.70. The first-order chi connectivity index (χ1) is 12.1. The van der Waals surface area contributed by atoms with Crippen LogP contribution in [0.3, 0.4) is 0 Å². The van der Waals surface area contributed by atoms with Crippen LogP contribution in [0.2, 0.25) is 0 Å². The van der Waals surface area contributed by atoms with Crippen LogP contribution in [-0.2, 0) is 0 Å². The Morgan fingerprint density at radius 1 is 1.08 bits per heavy atom. The molecule has 1 aliphatic heterocycles. The maximum Gasteiger partial charge on any atom is 0.257 e. The number of nitrogens with zero attached hydrogens (tertiary/aromatic N) is 6. The average Bonchev–Trinajstić information content (AvgIpc) is 3.11. The number of amides is 1. The number of aryl methyl sites for hydroxylation is 2. The average molecular weight is 336 g/mol. The second-order valence-corrected chi connectivity index (χ2v) is 6.35. The summed E-state index contributed by atoms with van der Waals surface area (Å²) in [5.41, 5.74) is 3.82. The van der Waals surface area contributed by atoms with Crippen molar-refractivity contribution >= 4 is 17.4 Å². The molecule has 3 heterocycles. The first-order valence-electron chi connectivity index (χ1n) is 8.40. The molecule has 0 radical (unpaired) electrons. The Hall–Kier alpha value is -2.96. The highest BCUT2D eigenvalue weighted by molar-refractivity contribution is 5.95. The molecule has 4 rings (SSSR count). The molecule has 0 unspecified atom stereocenters. The van der Waals surface area contributed by atoms with Crippen molar-refractivity contribution in [2.45, 2.75) is 13.8 Å². The fraction of sp³-hybridized carbons (Fsp3) is 0.333. The van der Waals surface area contributed by atoms with E-state index < -0.39 is 0 Å². The number of carbonyl (C=O) groups is 1. The van der Waals surface area contributed by atoms with E-state index in [0.29, 0.717) is 24.4 Å². The van der Waals surface area contributed by atoms with E-state index in [-0.39, 0.29) is 5.91 Å². The Bertz CT molecular complexity index is 926. The Balaban J connectivity index is 1.50. The summed E-state index contributed by atoms with van der Waals surface area (Å²) in [6.07, 6.45) is 3.05. The van der Waals surface area contributed by atoms with Gasteiger partial charge < -0.3 is 9.80 Å². The summed E-state index contributed by atoms with van der Waals surface area (Å²) >= 11 is 0. The molecule has 0 saturated carbocycles. The molecule has 0 N–H and O–H groups in total. The minimum Gasteiger partial charge on any atom is -0.368 e. The second-order valence-electron chi connectivity index (χ2n) is 6.35. The minimum atomic E-state index is 0.00583. The fourth-order valence-corrected chi connectivity index (χ4v) is 3.26. The number of fused-ring (bicyclic) bond motifs is 1. The number of carbonyl (C=O) groups excluding carboxylic acids is 1. The van der Waals surface area contributed by atoms with Crippen LogP contribution in [0.4, 0.5) is 5.69 Å². The van der Waals surface area contributed by atoms with Gasteiger partial charge in [-0.1, -0.05) is 12.1 Å². The molecule has 0 spiro atoms. The van der Waals surface area contributed by atoms with Crippen LogP contribution in [0, 0.1) is 13.8 Å². The molecule has 7 nitrogen and oxygen atoms in total. The molecule has 1 saturated heterocycles. The molecule has 0 aliphatic carbocycles. The van der Waals surface area contributed by atoms with E-state index in [0.717, 1.165) is 18.8 Å². The molecule has 2 aromatic heterocycles. The van der Waals surface area contributed by atoms with Crippen molar-refractivity contribution in [3.63, 3.8) is 0 Å². The van der Waals surface area contributed by atoms with Crippen molar-refractivity contribution in [1.29, 1.82) is 0 Å². The molecule has 1 amide bonds. The summed E-state index contributed by atoms with van der Waals surface area (Å²) in [4.78, 5) is 25.4. The topological polar surface area (TPSA) is 66.6 Å². The lowest BCUT2D eigenvalue weighted by Crippen LogP contribution is -2.49. The van der Waals surface area contributed by atoms with Gasteiger partial charge in [-0.2, -0.15) is 10.1 Å². The van der Waals surface area contributed by atoms with Gasteiger partial charge in [0.05, 0.1) is 11.3 Å². The van der Waals surface area contributed by atoms with E-state index in [9.17, 15) is 4.79 Å². The molecule has 128 valence electrons. The zero-order chi connectivity index (χ0) is 17.4. The molecule has 1 aromatic carbocycles. The van der Waals surface area contributed by atoms with Crippen LogP contribution in [-0.4, -0.2) is 56.6 Å². The zero-order valence-electron chi connectivity index (χ0n) is 14.4. The predicted molar refractivity (Wildman–Crippen MR) is 94.8 cm³/mol. The summed E-state index contributed by atoms with van der Waals surface area (Å²) in [5, 5.41) is 4.13. The molecule has 1 fully saturated rings. The van der Waals surface area contributed by atoms with Crippen LogP contribution in [0.1, 0.15) is 21.6 Å². The third kappa shape index (κ3) is 2.82. The van der Waals surface area contributed by atoms with Crippen LogP contribution < -0.4 is 4.90 Å². The van der Waals surface area contributed by atoms with Crippen LogP contribution in [0.5, 0.6) is 0 Å². The minimum absolute atomic E-state index is 0.00583. The molecule has 1 aliphatic rings. The third-order valence-electron chi connectivity index (χ3n) is 4.71. The third-order valence-corrected chi connectivity index (χ3v) is 4.71. The maximum atomic E-state index is 12.9. The van der Waals surface area contributed by atoms with E-state index in [2.05, 4.69) is 51.2 Å². The fourth-order valence-electron chi connectivity index (χ4n) is 3.26. The summed E-state index contributed by atoms with van der Waals surface area (Å²) in [7, 11) is 0. The summed E-state index contributed by atoms with van der Waals surface area (Å²) in [5.74, 6) is 0.518. The quantitative estimate of drug-likeness (QED) is 0.713. The van der Waals surface area contributed by atoms with Crippen molar-refractivity contribution in [2.75, 3.05) is 31.1 Å². The van der Waals surface area contributed by atoms with Gasteiger partial charge in [-0.25, -0.2) is 9.50 Å². The lowest BCUT2D eigenvalue weighted by molar-refractivity contribution is 0.0745. The number of benzene rings is 1. The van der Waals surface area contributed by atoms with Crippen molar-refractivity contribution < 1.29 is 4.79 Å². The summed E-state index contributed by atoms with van der Waals surface area (Å²) in [6.45, 7) is 7.02. The van der Waals surface area contributed by atoms with Gasteiger partial charge in [0.15, 0.2) is 0 Å². The van der Waals surface area contributed by atoms with Crippen LogP contribution >= 0.6 is 0 Å². The molecular formula is C18H20N6O. The molecule has 0 atom stereocenters. The van der Waals surface area contributed by atoms with Crippen LogP contribution in [0.15, 0.2) is 36.8 Å². The van der Waals surface area contributed by atoms with Gasteiger partial charge in [0.2, 0.25) is 0 Å². The van der Waals surface area contributed by atoms with Crippen molar-refractivity contribution in [3.05, 3.63) is 53.6 Å². The highest BCUT2D eigenvalue weighted by atomic mass is 16.2. The molecule has 0 bridgehead atoms. The smallest absolute Gasteiger partial charge is 0.257 e. The second kappa shape index (κ2) is 6.16. The van der Waals surface area contributed by atoms with Gasteiger partial charge in [-0.3, -0.25) is 4.79 Å². The van der Waals surface area contributed by atoms with E-state index in [1.165, 1.54) is 17.6 Å². The number of hydrogen-bond acceptors (Lipinski definition) is 5. The Morgan fingerprint density at radius 2 is 1.88 bits per heavy atom. The SMILES string of the molecule is Cc1cccc(N2CCN(C(=O)c3cnc4ncnn4c3C)CC2)c1. The van der Waals surface area contributed by atoms with E-state index >= 15 is 0 Å². The Labute approximate surface area is 145 Å². The monoisotopic (exact) mass is 336 g/mol. The summed E-state index contributed by atoms with van der Waals surface area (Å²) in [6, 6.07) is 8.48. The van der Waals surface area contributed by atoms with Gasteiger partial charge in [0.25, 0.3) is 11.7 Å². The van der Waals surface area contributed by atoms with Gasteiger partial charge in [-0.05, 0) is 31.5 Å². The standard InChI is InChI=1S/C18H20N6O/c1-13-4-3-5-15(10-13)22-6-8-23(9-7-22)17(25)16-11-19-18-20-12-21-24(18)14(16)2/h3-5,10-12H,6-9H2,1-2H3. The van der Waals surface area contributed by atoms with Gasteiger partial charge >= 0.3 is 0 Å². The van der Waals surface area contributed by atoms with E-state index in [1.807, 2.05) is 11.8 Å². The molecule has 3 aromatic rings. The van der Waals surface area contributed by atoms with Crippen molar-refractivity contribution in [1.82, 2.24) is 24.5 Å². The van der Waals surface area contributed by atoms with Crippen molar-refractivity contribution in [3.8, 4) is 0 Å². The highest BCUT2D eigenvalue weighted by Gasteiger charge is 2.24. The lowest BCUT2D eigenvalue weighted by Gasteiger charge is -2.36. The Kier molecular flexibility index (Phi) is 3.83. The lowest BCUT2D eigenvalue weighted by atomic mass is 10.1. The normalized spacial score (nSPS) is 15.0. The number of aromatic nitrogens is 4. The number of piperazine rings is 1. The zero-order valence-corrected chi connectivity index (χ0v) is 14.4. The number of hydrogen-bond donors (Lipinski definition) is 0. The number of rotatable bonds is 2. The van der Waals surface area contributed by atoms with Gasteiger partial charge in [-0.15, -0.1) is 0 Å². The maximum absolute atomic E-state index is 12.9. The molecular weight excluding hydrogens is 316 g/mol. The molecule has 7 heteroatoms. The van der Waals surface area contributed by atoms with Gasteiger partial charge in [0.1, 0.15) is 6.33 Å². The summed E-state index contributed by atoms with van der Waals surface area (Å²) < 4.78 is 1.61. The van der Waals surface area contributed by atoms with Crippen molar-refractivity contribution in [2.24, 2.45) is 0 Å². The molecule has 25 heavy (non-hydrogen) atoms. The van der Waals surface area contributed by atoms with E-state index in [4.69, 9.17) is 0 Å². The first kappa shape index (κ1) is 15.6. The van der Waals surface area contributed by atoms with Crippen LogP contribution in [0.25, 0.3) is 5.78 Å². The van der Waals surface area contributed by atoms with E-state index in [1.54, 1.807) is 10.7 Å². The number of anilines is 1. The Morgan fingerprint density at radius 3 is 2.64 bits per heavy atom.